The van der Waals surface area contributed by atoms with E-state index in [-0.39, 0.29) is 16.9 Å². The standard InChI is InChI=1S/C26H31FN2O4/c1-4-17-33-21-13-9-18(10-14-21)23-22(24(30)19-7-11-20(27)12-8-19)25(31)26(32)29(23)16-15-28(5-2)6-3/h7-14,23,30H,4-6,15-17H2,1-3H3/t23-/m0/s1. The summed E-state index contributed by atoms with van der Waals surface area (Å²) in [5, 5.41) is 11.0. The number of Topliss-reactive ketones (excluding diaryl/α,β-unsaturated/α-hetero) is 1. The molecule has 0 aliphatic carbocycles. The van der Waals surface area contributed by atoms with Gasteiger partial charge in [0.15, 0.2) is 0 Å². The van der Waals surface area contributed by atoms with Crippen molar-refractivity contribution in [3.8, 4) is 5.75 Å². The third-order valence-electron chi connectivity index (χ3n) is 5.88. The number of likely N-dealkylation sites (N-methyl/N-ethyl adjacent to an activating group) is 1. The third kappa shape index (κ3) is 5.42. The number of ether oxygens (including phenoxy) is 1. The second-order valence-electron chi connectivity index (χ2n) is 7.94. The number of amides is 1. The molecule has 6 nitrogen and oxygen atoms in total. The lowest BCUT2D eigenvalue weighted by molar-refractivity contribution is -0.140. The molecule has 1 heterocycles. The van der Waals surface area contributed by atoms with Gasteiger partial charge in [0.05, 0.1) is 18.2 Å². The van der Waals surface area contributed by atoms with Crippen molar-refractivity contribution in [2.45, 2.75) is 33.2 Å². The molecule has 3 rings (SSSR count). The van der Waals surface area contributed by atoms with Crippen LogP contribution in [0, 0.1) is 5.82 Å². The van der Waals surface area contributed by atoms with E-state index in [1.165, 1.54) is 29.2 Å². The smallest absolute Gasteiger partial charge is 0.295 e. The Morgan fingerprint density at radius 2 is 1.67 bits per heavy atom. The molecule has 0 bridgehead atoms. The zero-order valence-corrected chi connectivity index (χ0v) is 19.4. The summed E-state index contributed by atoms with van der Waals surface area (Å²) in [7, 11) is 0. The Hall–Kier alpha value is -3.19. The molecule has 2 aromatic rings. The molecule has 0 spiro atoms. The van der Waals surface area contributed by atoms with Crippen molar-refractivity contribution in [3.63, 3.8) is 0 Å². The zero-order valence-electron chi connectivity index (χ0n) is 19.4. The van der Waals surface area contributed by atoms with Crippen molar-refractivity contribution >= 4 is 17.4 Å². The van der Waals surface area contributed by atoms with Crippen molar-refractivity contribution in [3.05, 3.63) is 71.0 Å². The Kier molecular flexibility index (Phi) is 8.22. The van der Waals surface area contributed by atoms with Crippen molar-refractivity contribution < 1.29 is 23.8 Å². The van der Waals surface area contributed by atoms with Crippen LogP contribution in [0.1, 0.15) is 44.4 Å². The molecule has 1 aliphatic rings. The molecule has 7 heteroatoms. The number of aliphatic hydroxyl groups is 1. The minimum Gasteiger partial charge on any atom is -0.507 e. The number of halogens is 1. The van der Waals surface area contributed by atoms with E-state index in [2.05, 4.69) is 4.90 Å². The molecule has 33 heavy (non-hydrogen) atoms. The SMILES string of the molecule is CCCOc1ccc([C@H]2C(=C(O)c3ccc(F)cc3)C(=O)C(=O)N2CCN(CC)CC)cc1. The van der Waals surface area contributed by atoms with Crippen LogP contribution in [0.3, 0.4) is 0 Å². The average molecular weight is 455 g/mol. The van der Waals surface area contributed by atoms with Gasteiger partial charge in [-0.1, -0.05) is 32.9 Å². The largest absolute Gasteiger partial charge is 0.507 e. The fourth-order valence-corrected chi connectivity index (χ4v) is 3.98. The molecule has 1 aliphatic heterocycles. The van der Waals surface area contributed by atoms with E-state index in [4.69, 9.17) is 4.74 Å². The average Bonchev–Trinajstić information content (AvgIpc) is 3.08. The second kappa shape index (κ2) is 11.1. The highest BCUT2D eigenvalue weighted by atomic mass is 19.1. The molecule has 2 aromatic carbocycles. The molecular formula is C26H31FN2O4. The van der Waals surface area contributed by atoms with Gasteiger partial charge in [-0.15, -0.1) is 0 Å². The van der Waals surface area contributed by atoms with Crippen LogP contribution in [0.2, 0.25) is 0 Å². The Bertz CT molecular complexity index is 998. The number of carbonyl (C=O) groups is 2. The van der Waals surface area contributed by atoms with Crippen LogP contribution in [0.15, 0.2) is 54.1 Å². The Balaban J connectivity index is 2.04. The first kappa shape index (κ1) is 24.5. The Morgan fingerprint density at radius 1 is 1.03 bits per heavy atom. The summed E-state index contributed by atoms with van der Waals surface area (Å²) in [5.41, 5.74) is 0.987. The molecule has 0 radical (unpaired) electrons. The van der Waals surface area contributed by atoms with Gasteiger partial charge in [-0.25, -0.2) is 4.39 Å². The van der Waals surface area contributed by atoms with E-state index in [9.17, 15) is 19.1 Å². The number of ketones is 1. The van der Waals surface area contributed by atoms with Crippen LogP contribution < -0.4 is 4.74 Å². The maximum Gasteiger partial charge on any atom is 0.295 e. The van der Waals surface area contributed by atoms with Crippen LogP contribution in [0.5, 0.6) is 5.75 Å². The van der Waals surface area contributed by atoms with Gasteiger partial charge in [-0.05, 0) is 61.5 Å². The topological polar surface area (TPSA) is 70.1 Å². The van der Waals surface area contributed by atoms with Crippen LogP contribution in [-0.2, 0) is 9.59 Å². The van der Waals surface area contributed by atoms with Crippen molar-refractivity contribution in [2.75, 3.05) is 32.8 Å². The zero-order chi connectivity index (χ0) is 24.0. The molecule has 1 atom stereocenters. The van der Waals surface area contributed by atoms with E-state index in [0.29, 0.717) is 31.0 Å². The summed E-state index contributed by atoms with van der Waals surface area (Å²) >= 11 is 0. The lowest BCUT2D eigenvalue weighted by Crippen LogP contribution is -2.38. The van der Waals surface area contributed by atoms with Gasteiger partial charge < -0.3 is 19.6 Å². The molecule has 1 fully saturated rings. The number of likely N-dealkylation sites (tertiary alicyclic amines) is 1. The number of hydrogen-bond donors (Lipinski definition) is 1. The predicted molar refractivity (Wildman–Crippen MR) is 125 cm³/mol. The number of nitrogens with zero attached hydrogens (tertiary/aromatic N) is 2. The van der Waals surface area contributed by atoms with Crippen LogP contribution >= 0.6 is 0 Å². The highest BCUT2D eigenvalue weighted by Gasteiger charge is 2.45. The van der Waals surface area contributed by atoms with Crippen molar-refractivity contribution in [1.82, 2.24) is 9.80 Å². The minimum absolute atomic E-state index is 0.00776. The van der Waals surface area contributed by atoms with E-state index in [0.717, 1.165) is 19.5 Å². The first-order chi connectivity index (χ1) is 15.9. The summed E-state index contributed by atoms with van der Waals surface area (Å²) in [6, 6.07) is 11.7. The molecule has 1 amide bonds. The minimum atomic E-state index is -0.745. The quantitative estimate of drug-likeness (QED) is 0.328. The van der Waals surface area contributed by atoms with Gasteiger partial charge in [0.25, 0.3) is 11.7 Å². The monoisotopic (exact) mass is 454 g/mol. The maximum absolute atomic E-state index is 13.4. The second-order valence-corrected chi connectivity index (χ2v) is 7.94. The van der Waals surface area contributed by atoms with E-state index in [1.807, 2.05) is 32.9 Å². The number of carbonyl (C=O) groups excluding carboxylic acids is 2. The normalized spacial score (nSPS) is 17.7. The first-order valence-electron chi connectivity index (χ1n) is 11.4. The van der Waals surface area contributed by atoms with Gasteiger partial charge in [-0.3, -0.25) is 9.59 Å². The van der Waals surface area contributed by atoms with Gasteiger partial charge in [-0.2, -0.15) is 0 Å². The van der Waals surface area contributed by atoms with Crippen LogP contribution in [-0.4, -0.2) is 59.4 Å². The number of rotatable bonds is 10. The van der Waals surface area contributed by atoms with Gasteiger partial charge in [0, 0.05) is 18.7 Å². The lowest BCUT2D eigenvalue weighted by atomic mass is 9.95. The van der Waals surface area contributed by atoms with E-state index in [1.54, 1.807) is 12.1 Å². The third-order valence-corrected chi connectivity index (χ3v) is 5.88. The molecule has 0 aromatic heterocycles. The molecule has 0 unspecified atom stereocenters. The Labute approximate surface area is 194 Å². The van der Waals surface area contributed by atoms with Gasteiger partial charge >= 0.3 is 0 Å². The summed E-state index contributed by atoms with van der Waals surface area (Å²) in [4.78, 5) is 29.7. The first-order valence-corrected chi connectivity index (χ1v) is 11.4. The van der Waals surface area contributed by atoms with Crippen molar-refractivity contribution in [2.24, 2.45) is 0 Å². The lowest BCUT2D eigenvalue weighted by Gasteiger charge is -2.28. The Morgan fingerprint density at radius 3 is 2.24 bits per heavy atom. The number of benzene rings is 2. The number of hydrogen-bond acceptors (Lipinski definition) is 5. The summed E-state index contributed by atoms with van der Waals surface area (Å²) in [5.74, 6) is -1.46. The fourth-order valence-electron chi connectivity index (χ4n) is 3.98. The summed E-state index contributed by atoms with van der Waals surface area (Å²) < 4.78 is 19.0. The molecule has 0 saturated carbocycles. The van der Waals surface area contributed by atoms with Gasteiger partial charge in [0.1, 0.15) is 17.3 Å². The van der Waals surface area contributed by atoms with Crippen LogP contribution in [0.25, 0.3) is 5.76 Å². The van der Waals surface area contributed by atoms with Crippen LogP contribution in [0.4, 0.5) is 4.39 Å². The molecule has 176 valence electrons. The highest BCUT2D eigenvalue weighted by molar-refractivity contribution is 6.46. The highest BCUT2D eigenvalue weighted by Crippen LogP contribution is 2.39. The summed E-state index contributed by atoms with van der Waals surface area (Å²) in [6.07, 6.45) is 0.880. The number of aliphatic hydroxyl groups excluding tert-OH is 1. The van der Waals surface area contributed by atoms with Crippen molar-refractivity contribution in [1.29, 1.82) is 0 Å². The van der Waals surface area contributed by atoms with E-state index < -0.39 is 23.5 Å². The molecule has 1 saturated heterocycles. The van der Waals surface area contributed by atoms with E-state index >= 15 is 0 Å². The molecule has 1 N–H and O–H groups in total. The summed E-state index contributed by atoms with van der Waals surface area (Å²) in [6.45, 7) is 9.28. The molecular weight excluding hydrogens is 423 g/mol. The fraction of sp³-hybridized carbons (Fsp3) is 0.385. The predicted octanol–water partition coefficient (Wildman–Crippen LogP) is 4.38. The maximum atomic E-state index is 13.4. The van der Waals surface area contributed by atoms with Gasteiger partial charge in [0.2, 0.25) is 0 Å².